The molecule has 2 rings (SSSR count). The summed E-state index contributed by atoms with van der Waals surface area (Å²) in [7, 11) is 0. The van der Waals surface area contributed by atoms with E-state index >= 15 is 0 Å². The Morgan fingerprint density at radius 3 is 2.74 bits per heavy atom. The zero-order chi connectivity index (χ0) is 14.0. The van der Waals surface area contributed by atoms with Gasteiger partial charge >= 0.3 is 0 Å². The first-order valence-corrected chi connectivity index (χ1v) is 6.98. The Balaban J connectivity index is 1.88. The molecule has 0 aromatic carbocycles. The van der Waals surface area contributed by atoms with Crippen molar-refractivity contribution in [1.29, 1.82) is 0 Å². The molecule has 0 aliphatic heterocycles. The van der Waals surface area contributed by atoms with E-state index in [0.29, 0.717) is 6.04 Å². The molecule has 1 fully saturated rings. The lowest BCUT2D eigenvalue weighted by molar-refractivity contribution is -0.124. The van der Waals surface area contributed by atoms with Gasteiger partial charge in [-0.15, -0.1) is 0 Å². The van der Waals surface area contributed by atoms with Crippen LogP contribution in [0.2, 0.25) is 0 Å². The van der Waals surface area contributed by atoms with Gasteiger partial charge in [-0.05, 0) is 46.5 Å². The van der Waals surface area contributed by atoms with Crippen molar-refractivity contribution < 1.29 is 4.79 Å². The number of carbonyl (C=O) groups excluding carboxylic acids is 1. The van der Waals surface area contributed by atoms with Gasteiger partial charge in [0.2, 0.25) is 5.91 Å². The summed E-state index contributed by atoms with van der Waals surface area (Å²) in [5.74, 6) is -0.252. The summed E-state index contributed by atoms with van der Waals surface area (Å²) < 4.78 is 2.13. The maximum Gasteiger partial charge on any atom is 0.237 e. The Labute approximate surface area is 114 Å². The van der Waals surface area contributed by atoms with Gasteiger partial charge in [0.05, 0.1) is 17.6 Å². The number of carbonyl (C=O) groups is 1. The van der Waals surface area contributed by atoms with Gasteiger partial charge in [0.15, 0.2) is 0 Å². The predicted octanol–water partition coefficient (Wildman–Crippen LogP) is 1.28. The van der Waals surface area contributed by atoms with E-state index in [0.717, 1.165) is 37.9 Å². The van der Waals surface area contributed by atoms with Gasteiger partial charge in [-0.1, -0.05) is 0 Å². The maximum absolute atomic E-state index is 11.6. The first kappa shape index (κ1) is 14.1. The van der Waals surface area contributed by atoms with E-state index in [2.05, 4.69) is 21.8 Å². The zero-order valence-corrected chi connectivity index (χ0v) is 12.1. The number of rotatable bonds is 7. The maximum atomic E-state index is 11.6. The third kappa shape index (κ3) is 3.35. The van der Waals surface area contributed by atoms with Crippen LogP contribution in [0.5, 0.6) is 0 Å². The van der Waals surface area contributed by atoms with E-state index in [4.69, 9.17) is 5.73 Å². The smallest absolute Gasteiger partial charge is 0.237 e. The number of aromatic nitrogens is 2. The largest absolute Gasteiger partial charge is 0.368 e. The fourth-order valence-corrected chi connectivity index (χ4v) is 2.32. The van der Waals surface area contributed by atoms with Crippen LogP contribution in [-0.2, 0) is 11.3 Å². The summed E-state index contributed by atoms with van der Waals surface area (Å²) in [6.45, 7) is 6.87. The molecule has 0 bridgehead atoms. The number of hydrogen-bond donors (Lipinski definition) is 2. The van der Waals surface area contributed by atoms with Crippen molar-refractivity contribution in [2.24, 2.45) is 5.73 Å². The second-order valence-corrected chi connectivity index (χ2v) is 5.83. The van der Waals surface area contributed by atoms with Crippen molar-refractivity contribution in [3.8, 4) is 0 Å². The van der Waals surface area contributed by atoms with Gasteiger partial charge in [0.25, 0.3) is 0 Å². The number of amides is 1. The van der Waals surface area contributed by atoms with Gasteiger partial charge in [-0.25, -0.2) is 4.98 Å². The Kier molecular flexibility index (Phi) is 3.94. The molecule has 1 aliphatic carbocycles. The lowest BCUT2D eigenvalue weighted by Gasteiger charge is -2.27. The van der Waals surface area contributed by atoms with Crippen molar-refractivity contribution in [3.63, 3.8) is 0 Å². The summed E-state index contributed by atoms with van der Waals surface area (Å²) >= 11 is 0. The molecule has 1 aromatic rings. The van der Waals surface area contributed by atoms with E-state index in [9.17, 15) is 4.79 Å². The fourth-order valence-electron chi connectivity index (χ4n) is 2.32. The van der Waals surface area contributed by atoms with Crippen LogP contribution in [0.4, 0.5) is 0 Å². The topological polar surface area (TPSA) is 72.9 Å². The van der Waals surface area contributed by atoms with Crippen molar-refractivity contribution in [2.45, 2.75) is 64.6 Å². The predicted molar refractivity (Wildman–Crippen MR) is 74.7 cm³/mol. The molecule has 3 N–H and O–H groups in total. The highest BCUT2D eigenvalue weighted by molar-refractivity contribution is 5.84. The SMILES string of the molecule is Cc1ncn(CCCC(C)(NC2CC2)C(N)=O)c1C. The Morgan fingerprint density at radius 2 is 2.26 bits per heavy atom. The monoisotopic (exact) mass is 264 g/mol. The Morgan fingerprint density at radius 1 is 1.58 bits per heavy atom. The molecule has 1 heterocycles. The van der Waals surface area contributed by atoms with Crippen molar-refractivity contribution in [3.05, 3.63) is 17.7 Å². The lowest BCUT2D eigenvalue weighted by atomic mass is 9.94. The number of imidazole rings is 1. The van der Waals surface area contributed by atoms with E-state index < -0.39 is 5.54 Å². The molecule has 106 valence electrons. The number of primary amides is 1. The highest BCUT2D eigenvalue weighted by atomic mass is 16.1. The van der Waals surface area contributed by atoms with Crippen LogP contribution in [0.3, 0.4) is 0 Å². The van der Waals surface area contributed by atoms with Gasteiger partial charge in [-0.3, -0.25) is 4.79 Å². The third-order valence-corrected chi connectivity index (χ3v) is 4.06. The summed E-state index contributed by atoms with van der Waals surface area (Å²) in [5.41, 5.74) is 7.22. The van der Waals surface area contributed by atoms with Gasteiger partial charge < -0.3 is 15.6 Å². The van der Waals surface area contributed by atoms with Crippen molar-refractivity contribution >= 4 is 5.91 Å². The molecule has 19 heavy (non-hydrogen) atoms. The van der Waals surface area contributed by atoms with Crippen LogP contribution in [0.25, 0.3) is 0 Å². The van der Waals surface area contributed by atoms with E-state index in [-0.39, 0.29) is 5.91 Å². The zero-order valence-electron chi connectivity index (χ0n) is 12.1. The van der Waals surface area contributed by atoms with Crippen LogP contribution in [0.1, 0.15) is 44.0 Å². The van der Waals surface area contributed by atoms with Crippen LogP contribution in [0, 0.1) is 13.8 Å². The first-order valence-electron chi connectivity index (χ1n) is 6.98. The van der Waals surface area contributed by atoms with E-state index in [1.165, 1.54) is 5.69 Å². The highest BCUT2D eigenvalue weighted by Gasteiger charge is 2.36. The molecular formula is C14H24N4O. The second kappa shape index (κ2) is 5.33. The lowest BCUT2D eigenvalue weighted by Crippen LogP contribution is -2.54. The molecule has 1 aliphatic rings. The molecule has 1 atom stereocenters. The van der Waals surface area contributed by atoms with Crippen molar-refractivity contribution in [1.82, 2.24) is 14.9 Å². The molecule has 5 nitrogen and oxygen atoms in total. The molecular weight excluding hydrogens is 240 g/mol. The minimum Gasteiger partial charge on any atom is -0.368 e. The van der Waals surface area contributed by atoms with Gasteiger partial charge in [0, 0.05) is 18.3 Å². The van der Waals surface area contributed by atoms with Gasteiger partial charge in [0.1, 0.15) is 0 Å². The van der Waals surface area contributed by atoms with Crippen LogP contribution < -0.4 is 11.1 Å². The summed E-state index contributed by atoms with van der Waals surface area (Å²) in [5, 5.41) is 3.37. The van der Waals surface area contributed by atoms with Crippen LogP contribution >= 0.6 is 0 Å². The molecule has 1 unspecified atom stereocenters. The average Bonchev–Trinajstić information content (AvgIpc) is 3.10. The Bertz CT molecular complexity index is 464. The quantitative estimate of drug-likeness (QED) is 0.779. The van der Waals surface area contributed by atoms with Crippen molar-refractivity contribution in [2.75, 3.05) is 0 Å². The Hall–Kier alpha value is -1.36. The highest BCUT2D eigenvalue weighted by Crippen LogP contribution is 2.25. The third-order valence-electron chi connectivity index (χ3n) is 4.06. The minimum atomic E-state index is -0.579. The standard InChI is InChI=1S/C14H24N4O/c1-10-11(2)18(9-16-10)8-4-7-14(3,13(15)19)17-12-5-6-12/h9,12,17H,4-8H2,1-3H3,(H2,15,19). The number of nitrogens with two attached hydrogens (primary N) is 1. The van der Waals surface area contributed by atoms with E-state index in [1.807, 2.05) is 20.2 Å². The molecule has 0 radical (unpaired) electrons. The number of aryl methyl sites for hydroxylation is 2. The number of hydrogen-bond acceptors (Lipinski definition) is 3. The minimum absolute atomic E-state index is 0.252. The van der Waals surface area contributed by atoms with Gasteiger partial charge in [-0.2, -0.15) is 0 Å². The van der Waals surface area contributed by atoms with Crippen LogP contribution in [-0.4, -0.2) is 27.0 Å². The first-order chi connectivity index (χ1) is 8.92. The summed E-state index contributed by atoms with van der Waals surface area (Å²) in [6, 6.07) is 0.481. The molecule has 1 aromatic heterocycles. The molecule has 1 saturated carbocycles. The summed E-state index contributed by atoms with van der Waals surface area (Å²) in [4.78, 5) is 15.9. The second-order valence-electron chi connectivity index (χ2n) is 5.83. The normalized spacial score (nSPS) is 18.3. The van der Waals surface area contributed by atoms with Crippen LogP contribution in [0.15, 0.2) is 6.33 Å². The summed E-state index contributed by atoms with van der Waals surface area (Å²) in [6.07, 6.45) is 5.84. The average molecular weight is 264 g/mol. The molecule has 0 spiro atoms. The fraction of sp³-hybridized carbons (Fsp3) is 0.714. The molecule has 5 heteroatoms. The number of nitrogens with zero attached hydrogens (tertiary/aromatic N) is 2. The molecule has 1 amide bonds. The molecule has 0 saturated heterocycles. The number of nitrogens with one attached hydrogen (secondary N) is 1. The van der Waals surface area contributed by atoms with E-state index in [1.54, 1.807) is 0 Å².